The zero-order valence-corrected chi connectivity index (χ0v) is 11.5. The van der Waals surface area contributed by atoms with Crippen molar-refractivity contribution in [2.45, 2.75) is 11.4 Å². The summed E-state index contributed by atoms with van der Waals surface area (Å²) in [5.74, 6) is -0.109. The van der Waals surface area contributed by atoms with E-state index in [0.717, 1.165) is 16.1 Å². The van der Waals surface area contributed by atoms with Gasteiger partial charge in [-0.2, -0.15) is 0 Å². The third-order valence-electron chi connectivity index (χ3n) is 2.78. The van der Waals surface area contributed by atoms with Gasteiger partial charge in [0.05, 0.1) is 0 Å². The summed E-state index contributed by atoms with van der Waals surface area (Å²) >= 11 is 1.65. The van der Waals surface area contributed by atoms with Crippen molar-refractivity contribution in [2.75, 3.05) is 11.6 Å². The number of hydrogen-bond donors (Lipinski definition) is 2. The molecule has 4 heteroatoms. The van der Waals surface area contributed by atoms with Crippen LogP contribution in [0, 0.1) is 0 Å². The molecule has 0 radical (unpaired) electrons. The molecule has 0 bridgehead atoms. The maximum absolute atomic E-state index is 12.1. The largest absolute Gasteiger partial charge is 0.326 e. The first-order chi connectivity index (χ1) is 9.22. The van der Waals surface area contributed by atoms with Crippen LogP contribution < -0.4 is 11.1 Å². The lowest BCUT2D eigenvalue weighted by Gasteiger charge is -2.07. The molecule has 1 amide bonds. The fraction of sp³-hybridized carbons (Fsp3) is 0.133. The molecular weight excluding hydrogens is 256 g/mol. The van der Waals surface area contributed by atoms with Crippen LogP contribution in [0.2, 0.25) is 0 Å². The standard InChI is InChI=1S/C15H16N2OS/c1-19-14-4-2-3-13(9-14)17-15(18)12-7-5-11(10-16)6-8-12/h2-9H,10,16H2,1H3,(H,17,18). The number of thioether (sulfide) groups is 1. The van der Waals surface area contributed by atoms with Gasteiger partial charge in [-0.25, -0.2) is 0 Å². The Morgan fingerprint density at radius 1 is 1.21 bits per heavy atom. The molecule has 0 atom stereocenters. The number of nitrogens with one attached hydrogen (secondary N) is 1. The highest BCUT2D eigenvalue weighted by atomic mass is 32.2. The van der Waals surface area contributed by atoms with Crippen LogP contribution in [0.4, 0.5) is 5.69 Å². The van der Waals surface area contributed by atoms with Crippen molar-refractivity contribution in [2.24, 2.45) is 5.73 Å². The molecule has 2 aromatic carbocycles. The normalized spacial score (nSPS) is 10.2. The summed E-state index contributed by atoms with van der Waals surface area (Å²) in [6, 6.07) is 15.1. The molecule has 0 aliphatic carbocycles. The number of amides is 1. The zero-order valence-electron chi connectivity index (χ0n) is 10.7. The van der Waals surface area contributed by atoms with Crippen molar-refractivity contribution in [1.82, 2.24) is 0 Å². The molecule has 3 N–H and O–H groups in total. The second-order valence-corrected chi connectivity index (χ2v) is 4.97. The number of benzene rings is 2. The molecule has 0 aromatic heterocycles. The van der Waals surface area contributed by atoms with Crippen molar-refractivity contribution < 1.29 is 4.79 Å². The first-order valence-electron chi connectivity index (χ1n) is 5.97. The van der Waals surface area contributed by atoms with Gasteiger partial charge in [0.15, 0.2) is 0 Å². The Bertz CT molecular complexity index is 567. The van der Waals surface area contributed by atoms with Crippen molar-refractivity contribution >= 4 is 23.4 Å². The number of hydrogen-bond acceptors (Lipinski definition) is 3. The number of anilines is 1. The number of carbonyl (C=O) groups excluding carboxylic acids is 1. The number of nitrogens with two attached hydrogens (primary N) is 1. The average Bonchev–Trinajstić information content (AvgIpc) is 2.47. The van der Waals surface area contributed by atoms with Gasteiger partial charge in [0.25, 0.3) is 5.91 Å². The smallest absolute Gasteiger partial charge is 0.255 e. The summed E-state index contributed by atoms with van der Waals surface area (Å²) in [6.07, 6.45) is 2.01. The minimum atomic E-state index is -0.109. The molecule has 0 fully saturated rings. The van der Waals surface area contributed by atoms with E-state index in [2.05, 4.69) is 5.32 Å². The van der Waals surface area contributed by atoms with Crippen LogP contribution in [0.25, 0.3) is 0 Å². The molecule has 98 valence electrons. The van der Waals surface area contributed by atoms with Gasteiger partial charge in [-0.15, -0.1) is 11.8 Å². The molecule has 19 heavy (non-hydrogen) atoms. The van der Waals surface area contributed by atoms with Gasteiger partial charge >= 0.3 is 0 Å². The first-order valence-corrected chi connectivity index (χ1v) is 7.20. The van der Waals surface area contributed by atoms with Crippen LogP contribution in [0.3, 0.4) is 0 Å². The van der Waals surface area contributed by atoms with E-state index in [-0.39, 0.29) is 5.91 Å². The van der Waals surface area contributed by atoms with Gasteiger partial charge in [0.1, 0.15) is 0 Å². The molecule has 0 aliphatic rings. The van der Waals surface area contributed by atoms with Crippen LogP contribution in [0.15, 0.2) is 53.4 Å². The van der Waals surface area contributed by atoms with Gasteiger partial charge in [-0.3, -0.25) is 4.79 Å². The molecule has 0 spiro atoms. The quantitative estimate of drug-likeness (QED) is 0.841. The monoisotopic (exact) mass is 272 g/mol. The Morgan fingerprint density at radius 2 is 1.95 bits per heavy atom. The van der Waals surface area contributed by atoms with E-state index in [4.69, 9.17) is 5.73 Å². The van der Waals surface area contributed by atoms with E-state index < -0.39 is 0 Å². The van der Waals surface area contributed by atoms with Gasteiger partial charge in [0.2, 0.25) is 0 Å². The zero-order chi connectivity index (χ0) is 13.7. The molecular formula is C15H16N2OS. The number of rotatable bonds is 4. The fourth-order valence-corrected chi connectivity index (χ4v) is 2.16. The Labute approximate surface area is 117 Å². The molecule has 0 saturated heterocycles. The average molecular weight is 272 g/mol. The van der Waals surface area contributed by atoms with Crippen molar-refractivity contribution in [3.05, 3.63) is 59.7 Å². The van der Waals surface area contributed by atoms with Crippen LogP contribution in [-0.2, 0) is 6.54 Å². The van der Waals surface area contributed by atoms with Gasteiger partial charge in [0, 0.05) is 22.7 Å². The second kappa shape index (κ2) is 6.41. The lowest BCUT2D eigenvalue weighted by atomic mass is 10.1. The summed E-state index contributed by atoms with van der Waals surface area (Å²) in [6.45, 7) is 0.484. The third-order valence-corrected chi connectivity index (χ3v) is 3.50. The Morgan fingerprint density at radius 3 is 2.58 bits per heavy atom. The maximum atomic E-state index is 12.1. The molecule has 0 aliphatic heterocycles. The maximum Gasteiger partial charge on any atom is 0.255 e. The summed E-state index contributed by atoms with van der Waals surface area (Å²) in [5, 5.41) is 2.89. The van der Waals surface area contributed by atoms with E-state index in [0.29, 0.717) is 12.1 Å². The summed E-state index contributed by atoms with van der Waals surface area (Å²) in [4.78, 5) is 13.2. The van der Waals surface area contributed by atoms with Gasteiger partial charge in [-0.05, 0) is 42.2 Å². The predicted molar refractivity (Wildman–Crippen MR) is 80.5 cm³/mol. The lowest BCUT2D eigenvalue weighted by Crippen LogP contribution is -2.12. The van der Waals surface area contributed by atoms with E-state index in [1.165, 1.54) is 0 Å². The van der Waals surface area contributed by atoms with Crippen LogP contribution in [-0.4, -0.2) is 12.2 Å². The molecule has 0 unspecified atom stereocenters. The fourth-order valence-electron chi connectivity index (χ4n) is 1.70. The Hall–Kier alpha value is -1.78. The van der Waals surface area contributed by atoms with Crippen molar-refractivity contribution in [3.63, 3.8) is 0 Å². The highest BCUT2D eigenvalue weighted by Gasteiger charge is 2.06. The molecule has 2 aromatic rings. The highest BCUT2D eigenvalue weighted by Crippen LogP contribution is 2.19. The first kappa shape index (κ1) is 13.6. The molecule has 0 heterocycles. The Kier molecular flexibility index (Phi) is 4.60. The van der Waals surface area contributed by atoms with E-state index in [1.807, 2.05) is 42.7 Å². The minimum Gasteiger partial charge on any atom is -0.326 e. The topological polar surface area (TPSA) is 55.1 Å². The van der Waals surface area contributed by atoms with Crippen LogP contribution in [0.1, 0.15) is 15.9 Å². The summed E-state index contributed by atoms with van der Waals surface area (Å²) in [7, 11) is 0. The van der Waals surface area contributed by atoms with Gasteiger partial charge in [-0.1, -0.05) is 18.2 Å². The minimum absolute atomic E-state index is 0.109. The van der Waals surface area contributed by atoms with E-state index >= 15 is 0 Å². The molecule has 0 saturated carbocycles. The summed E-state index contributed by atoms with van der Waals surface area (Å²) < 4.78 is 0. The van der Waals surface area contributed by atoms with Crippen LogP contribution in [0.5, 0.6) is 0 Å². The second-order valence-electron chi connectivity index (χ2n) is 4.09. The van der Waals surface area contributed by atoms with Crippen molar-refractivity contribution in [1.29, 1.82) is 0 Å². The predicted octanol–water partition coefficient (Wildman–Crippen LogP) is 3.12. The van der Waals surface area contributed by atoms with E-state index in [1.54, 1.807) is 23.9 Å². The third kappa shape index (κ3) is 3.59. The summed E-state index contributed by atoms with van der Waals surface area (Å²) in [5.41, 5.74) is 7.98. The Balaban J connectivity index is 2.11. The SMILES string of the molecule is CSc1cccc(NC(=O)c2ccc(CN)cc2)c1. The van der Waals surface area contributed by atoms with E-state index in [9.17, 15) is 4.79 Å². The number of carbonyl (C=O) groups is 1. The van der Waals surface area contributed by atoms with Gasteiger partial charge < -0.3 is 11.1 Å². The molecule has 2 rings (SSSR count). The highest BCUT2D eigenvalue weighted by molar-refractivity contribution is 7.98. The van der Waals surface area contributed by atoms with Crippen molar-refractivity contribution in [3.8, 4) is 0 Å². The lowest BCUT2D eigenvalue weighted by molar-refractivity contribution is 0.102. The van der Waals surface area contributed by atoms with Crippen LogP contribution >= 0.6 is 11.8 Å². The molecule has 3 nitrogen and oxygen atoms in total.